The van der Waals surface area contributed by atoms with Crippen LogP contribution in [0.2, 0.25) is 0 Å². The van der Waals surface area contributed by atoms with Gasteiger partial charge in [0.05, 0.1) is 32.4 Å². The third kappa shape index (κ3) is 5.40. The topological polar surface area (TPSA) is 107 Å². The van der Waals surface area contributed by atoms with Gasteiger partial charge in [-0.3, -0.25) is 9.59 Å². The Bertz CT molecular complexity index is 1290. The van der Waals surface area contributed by atoms with Crippen molar-refractivity contribution < 1.29 is 23.8 Å². The molecule has 0 atom stereocenters. The van der Waals surface area contributed by atoms with E-state index >= 15 is 0 Å². The van der Waals surface area contributed by atoms with Gasteiger partial charge in [0.15, 0.2) is 11.5 Å². The zero-order valence-corrected chi connectivity index (χ0v) is 23.0. The number of hydrogen-bond donors (Lipinski definition) is 2. The van der Waals surface area contributed by atoms with Crippen LogP contribution in [0.3, 0.4) is 0 Å². The Morgan fingerprint density at radius 3 is 2.32 bits per heavy atom. The van der Waals surface area contributed by atoms with Crippen LogP contribution in [0.25, 0.3) is 22.4 Å². The lowest BCUT2D eigenvalue weighted by molar-refractivity contribution is -0.128. The lowest BCUT2D eigenvalue weighted by atomic mass is 9.79. The van der Waals surface area contributed by atoms with Crippen LogP contribution in [0.15, 0.2) is 30.3 Å². The van der Waals surface area contributed by atoms with Gasteiger partial charge in [0.2, 0.25) is 11.7 Å². The van der Waals surface area contributed by atoms with E-state index in [0.717, 1.165) is 29.6 Å². The van der Waals surface area contributed by atoms with Gasteiger partial charge < -0.3 is 34.3 Å². The maximum absolute atomic E-state index is 12.9. The molecular formula is C28H37N5O5. The molecule has 2 aromatic carbocycles. The number of fused-ring (bicyclic) bond motifs is 1. The number of methoxy groups -OCH3 is 3. The molecule has 0 bridgehead atoms. The molecule has 10 heteroatoms. The van der Waals surface area contributed by atoms with Crippen molar-refractivity contribution in [2.24, 2.45) is 5.92 Å². The molecule has 0 aliphatic heterocycles. The number of nitrogens with one attached hydrogen (secondary N) is 2. The minimum atomic E-state index is -0.121. The van der Waals surface area contributed by atoms with Crippen LogP contribution in [-0.4, -0.2) is 81.8 Å². The summed E-state index contributed by atoms with van der Waals surface area (Å²) < 4.78 is 18.8. The number of benzene rings is 2. The fourth-order valence-corrected chi connectivity index (χ4v) is 4.93. The van der Waals surface area contributed by atoms with E-state index in [0.29, 0.717) is 48.0 Å². The van der Waals surface area contributed by atoms with Crippen molar-refractivity contribution in [3.05, 3.63) is 35.9 Å². The standard InChI is InChI=1S/C28H37N5O5/c1-29-27(34)19-12-20(13-19)33-22-14-17(28(35)30-10-7-11-32(2)3)8-9-21(22)31-26(33)18-15-23(36-4)25(38-6)24(16-18)37-5/h8-9,14-16,19-20H,7,10-13H2,1-6H3,(H,29,34)(H,30,35). The molecule has 2 amide bonds. The first-order valence-electron chi connectivity index (χ1n) is 12.8. The smallest absolute Gasteiger partial charge is 0.251 e. The van der Waals surface area contributed by atoms with Gasteiger partial charge in [0.25, 0.3) is 5.91 Å². The maximum Gasteiger partial charge on any atom is 0.251 e. The molecule has 1 aliphatic carbocycles. The third-order valence-corrected chi connectivity index (χ3v) is 7.04. The second-order valence-electron chi connectivity index (χ2n) is 9.77. The van der Waals surface area contributed by atoms with Crippen LogP contribution in [-0.2, 0) is 4.79 Å². The fourth-order valence-electron chi connectivity index (χ4n) is 4.93. The maximum atomic E-state index is 12.9. The highest BCUT2D eigenvalue weighted by atomic mass is 16.5. The summed E-state index contributed by atoms with van der Waals surface area (Å²) in [7, 11) is 10.4. The molecule has 1 heterocycles. The number of imidazole rings is 1. The molecule has 0 spiro atoms. The summed E-state index contributed by atoms with van der Waals surface area (Å²) in [6, 6.07) is 9.34. The van der Waals surface area contributed by atoms with Gasteiger partial charge in [-0.15, -0.1) is 0 Å². The molecule has 1 aromatic heterocycles. The molecule has 0 saturated heterocycles. The first-order valence-corrected chi connectivity index (χ1v) is 12.8. The minimum absolute atomic E-state index is 0.0396. The van der Waals surface area contributed by atoms with Crippen LogP contribution >= 0.6 is 0 Å². The number of aromatic nitrogens is 2. The Morgan fingerprint density at radius 2 is 1.74 bits per heavy atom. The largest absolute Gasteiger partial charge is 0.493 e. The van der Waals surface area contributed by atoms with Crippen LogP contribution in [0.1, 0.15) is 35.7 Å². The Kier molecular flexibility index (Phi) is 8.41. The highest BCUT2D eigenvalue weighted by Crippen LogP contribution is 2.45. The summed E-state index contributed by atoms with van der Waals surface area (Å²) in [5.74, 6) is 2.12. The van der Waals surface area contributed by atoms with E-state index in [1.54, 1.807) is 34.4 Å². The molecule has 1 fully saturated rings. The van der Waals surface area contributed by atoms with Gasteiger partial charge in [-0.05, 0) is 70.2 Å². The average molecular weight is 524 g/mol. The molecule has 1 aliphatic rings. The fraction of sp³-hybridized carbons (Fsp3) is 0.464. The van der Waals surface area contributed by atoms with Crippen molar-refractivity contribution in [3.8, 4) is 28.6 Å². The van der Waals surface area contributed by atoms with Crippen molar-refractivity contribution in [1.29, 1.82) is 0 Å². The molecule has 204 valence electrons. The van der Waals surface area contributed by atoms with Crippen LogP contribution in [0.5, 0.6) is 17.2 Å². The Balaban J connectivity index is 1.76. The van der Waals surface area contributed by atoms with Crippen molar-refractivity contribution in [2.75, 3.05) is 55.6 Å². The van der Waals surface area contributed by atoms with Gasteiger partial charge in [-0.25, -0.2) is 4.98 Å². The quantitative estimate of drug-likeness (QED) is 0.372. The molecule has 0 radical (unpaired) electrons. The first kappa shape index (κ1) is 27.3. The highest BCUT2D eigenvalue weighted by Gasteiger charge is 2.37. The molecule has 2 N–H and O–H groups in total. The van der Waals surface area contributed by atoms with E-state index in [1.807, 2.05) is 38.4 Å². The van der Waals surface area contributed by atoms with E-state index in [4.69, 9.17) is 19.2 Å². The van der Waals surface area contributed by atoms with Crippen molar-refractivity contribution in [3.63, 3.8) is 0 Å². The zero-order chi connectivity index (χ0) is 27.4. The van der Waals surface area contributed by atoms with E-state index < -0.39 is 0 Å². The molecule has 4 rings (SSSR count). The lowest BCUT2D eigenvalue weighted by Crippen LogP contribution is -2.38. The van der Waals surface area contributed by atoms with Crippen molar-refractivity contribution in [2.45, 2.75) is 25.3 Å². The van der Waals surface area contributed by atoms with Gasteiger partial charge >= 0.3 is 0 Å². The SMILES string of the molecule is CNC(=O)C1CC(n2c(-c3cc(OC)c(OC)c(OC)c3)nc3ccc(C(=O)NCCCN(C)C)cc32)C1. The molecule has 3 aromatic rings. The predicted octanol–water partition coefficient (Wildman–Crippen LogP) is 3.11. The van der Waals surface area contributed by atoms with Crippen molar-refractivity contribution >= 4 is 22.8 Å². The Hall–Kier alpha value is -3.79. The summed E-state index contributed by atoms with van der Waals surface area (Å²) >= 11 is 0. The highest BCUT2D eigenvalue weighted by molar-refractivity contribution is 5.98. The third-order valence-electron chi connectivity index (χ3n) is 7.04. The summed E-state index contributed by atoms with van der Waals surface area (Å²) in [4.78, 5) is 32.2. The van der Waals surface area contributed by atoms with Gasteiger partial charge in [0.1, 0.15) is 5.82 Å². The number of carbonyl (C=O) groups is 2. The lowest BCUT2D eigenvalue weighted by Gasteiger charge is -2.36. The van der Waals surface area contributed by atoms with Gasteiger partial charge in [0, 0.05) is 36.7 Å². The molecule has 0 unspecified atom stereocenters. The van der Waals surface area contributed by atoms with E-state index in [-0.39, 0.29) is 23.8 Å². The van der Waals surface area contributed by atoms with Crippen LogP contribution in [0.4, 0.5) is 0 Å². The van der Waals surface area contributed by atoms with E-state index in [2.05, 4.69) is 20.1 Å². The summed E-state index contributed by atoms with van der Waals surface area (Å²) in [5, 5.41) is 5.76. The zero-order valence-electron chi connectivity index (χ0n) is 23.0. The second kappa shape index (κ2) is 11.7. The Morgan fingerprint density at radius 1 is 1.05 bits per heavy atom. The van der Waals surface area contributed by atoms with E-state index in [9.17, 15) is 9.59 Å². The number of rotatable bonds is 11. The molecule has 1 saturated carbocycles. The summed E-state index contributed by atoms with van der Waals surface area (Å²) in [5.41, 5.74) is 2.97. The van der Waals surface area contributed by atoms with Gasteiger partial charge in [-0.1, -0.05) is 0 Å². The average Bonchev–Trinajstić information content (AvgIpc) is 3.27. The van der Waals surface area contributed by atoms with Crippen molar-refractivity contribution in [1.82, 2.24) is 25.1 Å². The van der Waals surface area contributed by atoms with E-state index in [1.165, 1.54) is 0 Å². The number of amides is 2. The number of ether oxygens (including phenoxy) is 3. The first-order chi connectivity index (χ1) is 18.3. The normalized spacial score (nSPS) is 16.7. The Labute approximate surface area is 223 Å². The van der Waals surface area contributed by atoms with Gasteiger partial charge in [-0.2, -0.15) is 0 Å². The molecular weight excluding hydrogens is 486 g/mol. The minimum Gasteiger partial charge on any atom is -0.493 e. The summed E-state index contributed by atoms with van der Waals surface area (Å²) in [6.07, 6.45) is 2.24. The number of hydrogen-bond acceptors (Lipinski definition) is 7. The summed E-state index contributed by atoms with van der Waals surface area (Å²) in [6.45, 7) is 1.50. The number of nitrogens with zero attached hydrogens (tertiary/aromatic N) is 3. The van der Waals surface area contributed by atoms with Crippen LogP contribution in [0, 0.1) is 5.92 Å². The number of carbonyl (C=O) groups excluding carboxylic acids is 2. The predicted molar refractivity (Wildman–Crippen MR) is 146 cm³/mol. The van der Waals surface area contributed by atoms with Crippen LogP contribution < -0.4 is 24.8 Å². The monoisotopic (exact) mass is 523 g/mol. The molecule has 10 nitrogen and oxygen atoms in total. The molecule has 38 heavy (non-hydrogen) atoms. The second-order valence-corrected chi connectivity index (χ2v) is 9.77.